The Morgan fingerprint density at radius 1 is 1.40 bits per heavy atom. The van der Waals surface area contributed by atoms with Crippen molar-refractivity contribution in [1.29, 1.82) is 0 Å². The van der Waals surface area contributed by atoms with Crippen LogP contribution >= 0.6 is 11.3 Å². The maximum atomic E-state index is 13.0. The SMILES string of the molecule is CNCc1scc(C)c1S(=O)(=O)N1CC(C)CCC1C. The summed E-state index contributed by atoms with van der Waals surface area (Å²) in [6, 6.07) is 0.0953. The molecule has 4 nitrogen and oxygen atoms in total. The van der Waals surface area contributed by atoms with E-state index in [2.05, 4.69) is 12.2 Å². The van der Waals surface area contributed by atoms with Gasteiger partial charge in [-0.15, -0.1) is 11.3 Å². The molecule has 0 aromatic carbocycles. The molecule has 2 atom stereocenters. The van der Waals surface area contributed by atoms with Crippen LogP contribution in [-0.2, 0) is 16.6 Å². The van der Waals surface area contributed by atoms with Crippen LogP contribution < -0.4 is 5.32 Å². The van der Waals surface area contributed by atoms with Gasteiger partial charge in [0.1, 0.15) is 4.90 Å². The van der Waals surface area contributed by atoms with Crippen LogP contribution in [0.15, 0.2) is 10.3 Å². The zero-order valence-corrected chi connectivity index (χ0v) is 14.3. The molecule has 0 spiro atoms. The smallest absolute Gasteiger partial charge is 0.244 e. The fraction of sp³-hybridized carbons (Fsp3) is 0.714. The molecule has 1 aliphatic heterocycles. The van der Waals surface area contributed by atoms with Gasteiger partial charge in [-0.25, -0.2) is 8.42 Å². The van der Waals surface area contributed by atoms with Crippen molar-refractivity contribution in [2.24, 2.45) is 5.92 Å². The highest BCUT2D eigenvalue weighted by molar-refractivity contribution is 7.89. The minimum Gasteiger partial charge on any atom is -0.315 e. The predicted octanol–water partition coefficient (Wildman–Crippen LogP) is 2.59. The Balaban J connectivity index is 2.41. The Labute approximate surface area is 126 Å². The molecule has 1 saturated heterocycles. The number of thiophene rings is 1. The zero-order chi connectivity index (χ0) is 14.9. The predicted molar refractivity (Wildman–Crippen MR) is 83.6 cm³/mol. The first-order chi connectivity index (χ1) is 9.37. The van der Waals surface area contributed by atoms with Gasteiger partial charge < -0.3 is 5.32 Å². The van der Waals surface area contributed by atoms with Crippen LogP contribution in [0.3, 0.4) is 0 Å². The first-order valence-electron chi connectivity index (χ1n) is 7.11. The minimum atomic E-state index is -3.38. The van der Waals surface area contributed by atoms with Crippen molar-refractivity contribution in [3.8, 4) is 0 Å². The maximum Gasteiger partial charge on any atom is 0.244 e. The van der Waals surface area contributed by atoms with E-state index in [0.717, 1.165) is 23.3 Å². The first kappa shape index (κ1) is 15.9. The molecule has 0 aliphatic carbocycles. The van der Waals surface area contributed by atoms with Gasteiger partial charge in [0.05, 0.1) is 0 Å². The highest BCUT2D eigenvalue weighted by atomic mass is 32.2. The second kappa shape index (κ2) is 6.13. The molecule has 114 valence electrons. The highest BCUT2D eigenvalue weighted by Gasteiger charge is 2.36. The molecule has 2 rings (SSSR count). The van der Waals surface area contributed by atoms with Crippen LogP contribution in [0.25, 0.3) is 0 Å². The first-order valence-corrected chi connectivity index (χ1v) is 9.43. The van der Waals surface area contributed by atoms with Crippen molar-refractivity contribution >= 4 is 21.4 Å². The number of sulfonamides is 1. The summed E-state index contributed by atoms with van der Waals surface area (Å²) in [7, 11) is -1.54. The second-order valence-corrected chi connectivity index (χ2v) is 8.60. The van der Waals surface area contributed by atoms with Gasteiger partial charge in [0.25, 0.3) is 0 Å². The summed E-state index contributed by atoms with van der Waals surface area (Å²) >= 11 is 1.53. The Morgan fingerprint density at radius 2 is 2.10 bits per heavy atom. The normalized spacial score (nSPS) is 25.0. The van der Waals surface area contributed by atoms with E-state index < -0.39 is 10.0 Å². The van der Waals surface area contributed by atoms with Gasteiger partial charge in [0.15, 0.2) is 0 Å². The minimum absolute atomic E-state index is 0.0953. The fourth-order valence-electron chi connectivity index (χ4n) is 2.82. The Morgan fingerprint density at radius 3 is 2.75 bits per heavy atom. The van der Waals surface area contributed by atoms with E-state index in [-0.39, 0.29) is 6.04 Å². The molecule has 6 heteroatoms. The van der Waals surface area contributed by atoms with E-state index in [4.69, 9.17) is 0 Å². The number of hydrogen-bond acceptors (Lipinski definition) is 4. The van der Waals surface area contributed by atoms with E-state index in [0.29, 0.717) is 23.9 Å². The maximum absolute atomic E-state index is 13.0. The summed E-state index contributed by atoms with van der Waals surface area (Å²) in [5.41, 5.74) is 0.866. The molecule has 0 saturated carbocycles. The summed E-state index contributed by atoms with van der Waals surface area (Å²) in [6.45, 7) is 7.27. The largest absolute Gasteiger partial charge is 0.315 e. The number of rotatable bonds is 4. The van der Waals surface area contributed by atoms with Crippen molar-refractivity contribution in [2.75, 3.05) is 13.6 Å². The van der Waals surface area contributed by atoms with Crippen molar-refractivity contribution < 1.29 is 8.42 Å². The third-order valence-corrected chi connectivity index (χ3v) is 7.40. The number of nitrogens with zero attached hydrogens (tertiary/aromatic N) is 1. The van der Waals surface area contributed by atoms with Crippen LogP contribution in [0, 0.1) is 12.8 Å². The Hall–Kier alpha value is -0.430. The zero-order valence-electron chi connectivity index (χ0n) is 12.6. The molecule has 20 heavy (non-hydrogen) atoms. The average molecular weight is 316 g/mol. The number of piperidine rings is 1. The van der Waals surface area contributed by atoms with Gasteiger partial charge in [-0.3, -0.25) is 0 Å². The standard InChI is InChI=1S/C14H24N2O2S2/c1-10-5-6-12(3)16(8-10)20(17,18)14-11(2)9-19-13(14)7-15-4/h9-10,12,15H,5-8H2,1-4H3. The quantitative estimate of drug-likeness (QED) is 0.929. The van der Waals surface area contributed by atoms with Gasteiger partial charge in [-0.1, -0.05) is 6.92 Å². The number of nitrogens with one attached hydrogen (secondary N) is 1. The van der Waals surface area contributed by atoms with Gasteiger partial charge >= 0.3 is 0 Å². The summed E-state index contributed by atoms with van der Waals surface area (Å²) in [5, 5.41) is 5.00. The summed E-state index contributed by atoms with van der Waals surface area (Å²) in [6.07, 6.45) is 2.06. The van der Waals surface area contributed by atoms with Crippen molar-refractivity contribution in [3.63, 3.8) is 0 Å². The molecule has 1 aromatic heterocycles. The third kappa shape index (κ3) is 2.93. The van der Waals surface area contributed by atoms with Gasteiger partial charge in [0, 0.05) is 24.0 Å². The average Bonchev–Trinajstić information content (AvgIpc) is 2.74. The molecular formula is C14H24N2O2S2. The summed E-state index contributed by atoms with van der Waals surface area (Å²) in [5.74, 6) is 0.438. The van der Waals surface area contributed by atoms with Crippen molar-refractivity contribution in [3.05, 3.63) is 15.8 Å². The molecule has 1 fully saturated rings. The van der Waals surface area contributed by atoms with Crippen molar-refractivity contribution in [1.82, 2.24) is 9.62 Å². The van der Waals surface area contributed by atoms with Gasteiger partial charge in [0.2, 0.25) is 10.0 Å². The van der Waals surface area contributed by atoms with Gasteiger partial charge in [-0.05, 0) is 50.6 Å². The molecule has 0 bridgehead atoms. The topological polar surface area (TPSA) is 49.4 Å². The van der Waals surface area contributed by atoms with Gasteiger partial charge in [-0.2, -0.15) is 4.31 Å². The lowest BCUT2D eigenvalue weighted by atomic mass is 9.97. The third-order valence-electron chi connectivity index (χ3n) is 3.95. The lowest BCUT2D eigenvalue weighted by Gasteiger charge is -2.35. The van der Waals surface area contributed by atoms with Crippen LogP contribution in [0.5, 0.6) is 0 Å². The monoisotopic (exact) mass is 316 g/mol. The lowest BCUT2D eigenvalue weighted by molar-refractivity contribution is 0.218. The molecular weight excluding hydrogens is 292 g/mol. The summed E-state index contributed by atoms with van der Waals surface area (Å²) in [4.78, 5) is 1.44. The highest BCUT2D eigenvalue weighted by Crippen LogP contribution is 2.33. The molecule has 0 radical (unpaired) electrons. The number of aryl methyl sites for hydroxylation is 1. The molecule has 2 heterocycles. The van der Waals surface area contributed by atoms with Crippen LogP contribution in [0.4, 0.5) is 0 Å². The molecule has 2 unspecified atom stereocenters. The fourth-order valence-corrected chi connectivity index (χ4v) is 6.37. The van der Waals surface area contributed by atoms with Crippen LogP contribution in [-0.4, -0.2) is 32.4 Å². The molecule has 1 aliphatic rings. The molecule has 1 aromatic rings. The van der Waals surface area contributed by atoms with Crippen molar-refractivity contribution in [2.45, 2.75) is 51.1 Å². The van der Waals surface area contributed by atoms with E-state index in [1.54, 1.807) is 4.31 Å². The van der Waals surface area contributed by atoms with E-state index >= 15 is 0 Å². The van der Waals surface area contributed by atoms with E-state index in [9.17, 15) is 8.42 Å². The van der Waals surface area contributed by atoms with E-state index in [1.807, 2.05) is 26.3 Å². The van der Waals surface area contributed by atoms with E-state index in [1.165, 1.54) is 11.3 Å². The van der Waals surface area contributed by atoms with Crippen LogP contribution in [0.2, 0.25) is 0 Å². The molecule has 0 amide bonds. The molecule has 1 N–H and O–H groups in total. The van der Waals surface area contributed by atoms with Crippen LogP contribution in [0.1, 0.15) is 37.1 Å². The number of hydrogen-bond donors (Lipinski definition) is 1. The Kier molecular flexibility index (Phi) is 4.89. The lowest BCUT2D eigenvalue weighted by Crippen LogP contribution is -2.45. The Bertz CT molecular complexity index is 566. The second-order valence-electron chi connectivity index (χ2n) is 5.81. The summed E-state index contributed by atoms with van der Waals surface area (Å²) < 4.78 is 27.8.